The molecule has 0 amide bonds. The Morgan fingerprint density at radius 2 is 1.89 bits per heavy atom. The van der Waals surface area contributed by atoms with Gasteiger partial charge in [-0.2, -0.15) is 0 Å². The van der Waals surface area contributed by atoms with E-state index in [2.05, 4.69) is 40.1 Å². The van der Waals surface area contributed by atoms with Crippen LogP contribution in [0, 0.1) is 13.8 Å². The molecule has 3 rings (SSSR count). The summed E-state index contributed by atoms with van der Waals surface area (Å²) in [7, 11) is 0. The van der Waals surface area contributed by atoms with Crippen molar-refractivity contribution in [1.29, 1.82) is 0 Å². The Kier molecular flexibility index (Phi) is 2.63. The van der Waals surface area contributed by atoms with Gasteiger partial charge in [-0.25, -0.2) is 9.97 Å². The maximum absolute atomic E-state index is 5.73. The minimum absolute atomic E-state index is 0.299. The number of fused-ring (bicyclic) bond motifs is 1. The van der Waals surface area contributed by atoms with E-state index < -0.39 is 0 Å². The first-order chi connectivity index (χ1) is 9.15. The van der Waals surface area contributed by atoms with Gasteiger partial charge in [0.15, 0.2) is 0 Å². The molecule has 4 nitrogen and oxygen atoms in total. The van der Waals surface area contributed by atoms with E-state index in [1.165, 1.54) is 0 Å². The molecular weight excluding hydrogens is 236 g/mol. The lowest BCUT2D eigenvalue weighted by Gasteiger charge is -2.08. The van der Waals surface area contributed by atoms with Crippen molar-refractivity contribution >= 4 is 16.9 Å². The zero-order valence-electron chi connectivity index (χ0n) is 10.9. The number of aryl methyl sites for hydroxylation is 2. The lowest BCUT2D eigenvalue weighted by Crippen LogP contribution is -1.99. The van der Waals surface area contributed by atoms with Crippen molar-refractivity contribution in [3.05, 3.63) is 47.8 Å². The molecule has 0 fully saturated rings. The number of hydrogen-bond donors (Lipinski definition) is 1. The molecule has 0 bridgehead atoms. The van der Waals surface area contributed by atoms with E-state index in [1.807, 2.05) is 19.1 Å². The highest BCUT2D eigenvalue weighted by Crippen LogP contribution is 2.28. The van der Waals surface area contributed by atoms with Crippen LogP contribution in [-0.4, -0.2) is 15.0 Å². The fourth-order valence-corrected chi connectivity index (χ4v) is 2.27. The van der Waals surface area contributed by atoms with E-state index in [4.69, 9.17) is 5.73 Å². The summed E-state index contributed by atoms with van der Waals surface area (Å²) in [5, 5.41) is 1.08. The summed E-state index contributed by atoms with van der Waals surface area (Å²) in [6.45, 7) is 3.97. The van der Waals surface area contributed by atoms with E-state index in [1.54, 1.807) is 6.20 Å². The van der Waals surface area contributed by atoms with Crippen LogP contribution in [0.5, 0.6) is 0 Å². The third-order valence-corrected chi connectivity index (χ3v) is 3.12. The predicted octanol–water partition coefficient (Wildman–Crippen LogP) is 2.89. The zero-order valence-corrected chi connectivity index (χ0v) is 10.9. The largest absolute Gasteiger partial charge is 0.368 e. The van der Waals surface area contributed by atoms with Crippen LogP contribution in [0.25, 0.3) is 22.2 Å². The molecule has 2 aromatic heterocycles. The number of nitrogens with zero attached hydrogens (tertiary/aromatic N) is 3. The molecule has 0 saturated heterocycles. The number of pyridine rings is 1. The van der Waals surface area contributed by atoms with Crippen molar-refractivity contribution in [2.75, 3.05) is 5.73 Å². The molecule has 4 heteroatoms. The fourth-order valence-electron chi connectivity index (χ4n) is 2.27. The SMILES string of the molecule is Cc1cc(-c2ccc(C)c3ncccc23)nc(N)n1. The van der Waals surface area contributed by atoms with Crippen LogP contribution in [0.15, 0.2) is 36.5 Å². The molecule has 0 aliphatic heterocycles. The average molecular weight is 250 g/mol. The quantitative estimate of drug-likeness (QED) is 0.721. The molecule has 2 heterocycles. The van der Waals surface area contributed by atoms with Crippen LogP contribution in [-0.2, 0) is 0 Å². The standard InChI is InChI=1S/C15H14N4/c1-9-5-6-11(12-4-3-7-17-14(9)12)13-8-10(2)18-15(16)19-13/h3-8H,1-2H3,(H2,16,18,19). The molecular formula is C15H14N4. The molecule has 3 aromatic rings. The minimum Gasteiger partial charge on any atom is -0.368 e. The average Bonchev–Trinajstić information content (AvgIpc) is 2.38. The van der Waals surface area contributed by atoms with Crippen molar-refractivity contribution < 1.29 is 0 Å². The number of nitrogens with two attached hydrogens (primary N) is 1. The monoisotopic (exact) mass is 250 g/mol. The Hall–Kier alpha value is -2.49. The number of anilines is 1. The number of nitrogen functional groups attached to an aromatic ring is 1. The lowest BCUT2D eigenvalue weighted by molar-refractivity contribution is 1.12. The van der Waals surface area contributed by atoms with Crippen molar-refractivity contribution in [3.8, 4) is 11.3 Å². The highest BCUT2D eigenvalue weighted by molar-refractivity contribution is 5.95. The molecule has 0 aliphatic rings. The van der Waals surface area contributed by atoms with Gasteiger partial charge in [-0.15, -0.1) is 0 Å². The molecule has 0 atom stereocenters. The zero-order chi connectivity index (χ0) is 13.4. The summed E-state index contributed by atoms with van der Waals surface area (Å²) < 4.78 is 0. The molecule has 0 aliphatic carbocycles. The van der Waals surface area contributed by atoms with Crippen LogP contribution < -0.4 is 5.73 Å². The minimum atomic E-state index is 0.299. The molecule has 0 spiro atoms. The smallest absolute Gasteiger partial charge is 0.220 e. The lowest BCUT2D eigenvalue weighted by atomic mass is 10.0. The van der Waals surface area contributed by atoms with E-state index in [9.17, 15) is 0 Å². The second-order valence-electron chi connectivity index (χ2n) is 4.58. The Balaban J connectivity index is 2.34. The van der Waals surface area contributed by atoms with Crippen LogP contribution in [0.2, 0.25) is 0 Å². The normalized spacial score (nSPS) is 10.8. The third kappa shape index (κ3) is 2.01. The van der Waals surface area contributed by atoms with Gasteiger partial charge >= 0.3 is 0 Å². The summed E-state index contributed by atoms with van der Waals surface area (Å²) >= 11 is 0. The van der Waals surface area contributed by atoms with Gasteiger partial charge in [0, 0.05) is 22.8 Å². The molecule has 19 heavy (non-hydrogen) atoms. The first-order valence-electron chi connectivity index (χ1n) is 6.11. The molecule has 1 aromatic carbocycles. The number of rotatable bonds is 1. The molecule has 0 saturated carbocycles. The first kappa shape index (κ1) is 11.6. The van der Waals surface area contributed by atoms with Gasteiger partial charge in [0.25, 0.3) is 0 Å². The van der Waals surface area contributed by atoms with Gasteiger partial charge in [0.1, 0.15) is 0 Å². The van der Waals surface area contributed by atoms with Crippen molar-refractivity contribution in [3.63, 3.8) is 0 Å². The van der Waals surface area contributed by atoms with Crippen LogP contribution in [0.1, 0.15) is 11.3 Å². The van der Waals surface area contributed by atoms with E-state index in [0.29, 0.717) is 5.95 Å². The van der Waals surface area contributed by atoms with Gasteiger partial charge in [-0.3, -0.25) is 4.98 Å². The van der Waals surface area contributed by atoms with Gasteiger partial charge < -0.3 is 5.73 Å². The van der Waals surface area contributed by atoms with Gasteiger partial charge in [0.2, 0.25) is 5.95 Å². The summed E-state index contributed by atoms with van der Waals surface area (Å²) in [5.74, 6) is 0.299. The van der Waals surface area contributed by atoms with E-state index >= 15 is 0 Å². The van der Waals surface area contributed by atoms with Crippen LogP contribution in [0.4, 0.5) is 5.95 Å². The number of aromatic nitrogens is 3. The summed E-state index contributed by atoms with van der Waals surface area (Å²) in [6, 6.07) is 10.0. The second kappa shape index (κ2) is 4.31. The highest BCUT2D eigenvalue weighted by Gasteiger charge is 2.09. The van der Waals surface area contributed by atoms with E-state index in [-0.39, 0.29) is 0 Å². The maximum atomic E-state index is 5.73. The fraction of sp³-hybridized carbons (Fsp3) is 0.133. The van der Waals surface area contributed by atoms with Crippen LogP contribution >= 0.6 is 0 Å². The Bertz CT molecular complexity index is 745. The van der Waals surface area contributed by atoms with E-state index in [0.717, 1.165) is 33.4 Å². The van der Waals surface area contributed by atoms with Gasteiger partial charge in [-0.05, 0) is 31.5 Å². The summed E-state index contributed by atoms with van der Waals surface area (Å²) in [5.41, 5.74) is 10.6. The second-order valence-corrected chi connectivity index (χ2v) is 4.58. The Labute approximate surface area is 111 Å². The highest BCUT2D eigenvalue weighted by atomic mass is 15.0. The summed E-state index contributed by atoms with van der Waals surface area (Å²) in [6.07, 6.45) is 1.80. The third-order valence-electron chi connectivity index (χ3n) is 3.12. The van der Waals surface area contributed by atoms with Crippen molar-refractivity contribution in [2.24, 2.45) is 0 Å². The molecule has 94 valence electrons. The van der Waals surface area contributed by atoms with Crippen molar-refractivity contribution in [1.82, 2.24) is 15.0 Å². The van der Waals surface area contributed by atoms with Crippen LogP contribution in [0.3, 0.4) is 0 Å². The number of hydrogen-bond acceptors (Lipinski definition) is 4. The Morgan fingerprint density at radius 1 is 1.05 bits per heavy atom. The molecule has 0 unspecified atom stereocenters. The molecule has 0 radical (unpaired) electrons. The summed E-state index contributed by atoms with van der Waals surface area (Å²) in [4.78, 5) is 12.9. The molecule has 2 N–H and O–H groups in total. The van der Waals surface area contributed by atoms with Crippen molar-refractivity contribution in [2.45, 2.75) is 13.8 Å². The number of benzene rings is 1. The Morgan fingerprint density at radius 3 is 2.68 bits per heavy atom. The first-order valence-corrected chi connectivity index (χ1v) is 6.11. The van der Waals surface area contributed by atoms with Gasteiger partial charge in [0.05, 0.1) is 11.2 Å². The maximum Gasteiger partial charge on any atom is 0.220 e. The predicted molar refractivity (Wildman–Crippen MR) is 76.7 cm³/mol. The van der Waals surface area contributed by atoms with Gasteiger partial charge in [-0.1, -0.05) is 18.2 Å². The topological polar surface area (TPSA) is 64.7 Å².